The predicted molar refractivity (Wildman–Crippen MR) is 137 cm³/mol. The van der Waals surface area contributed by atoms with Crippen molar-refractivity contribution >= 4 is 55.2 Å². The predicted octanol–water partition coefficient (Wildman–Crippen LogP) is 6.69. The number of benzene rings is 3. The number of methoxy groups -OCH3 is 1. The number of rotatable bonds is 6. The normalized spacial score (nSPS) is 11.5. The molecule has 0 fully saturated rings. The molecule has 176 valence electrons. The zero-order valence-corrected chi connectivity index (χ0v) is 20.6. The number of fused-ring (bicyclic) bond motifs is 1. The molecular weight excluding hydrogens is 509 g/mol. The Hall–Kier alpha value is -3.53. The molecule has 0 aliphatic carbocycles. The minimum atomic E-state index is -4.14. The van der Waals surface area contributed by atoms with Gasteiger partial charge in [-0.2, -0.15) is 0 Å². The molecule has 0 N–H and O–H groups in total. The molecular formula is C25H17ClFN3O3S2. The molecule has 2 heterocycles. The molecule has 0 saturated carbocycles. The number of nitrogens with zero attached hydrogens (tertiary/aromatic N) is 3. The fourth-order valence-corrected chi connectivity index (χ4v) is 6.08. The lowest BCUT2D eigenvalue weighted by atomic mass is 10.0. The molecule has 5 rings (SSSR count). The average Bonchev–Trinajstić information content (AvgIpc) is 3.38. The van der Waals surface area contributed by atoms with Gasteiger partial charge in [0.25, 0.3) is 10.0 Å². The van der Waals surface area contributed by atoms with Gasteiger partial charge in [0.1, 0.15) is 17.3 Å². The number of hydrogen-bond donors (Lipinski definition) is 0. The van der Waals surface area contributed by atoms with Gasteiger partial charge in [-0.25, -0.2) is 22.1 Å². The number of ether oxygens (including phenoxy) is 1. The maximum atomic E-state index is 14.0. The number of aromatic nitrogens is 2. The van der Waals surface area contributed by atoms with Crippen molar-refractivity contribution in [2.45, 2.75) is 4.90 Å². The first-order chi connectivity index (χ1) is 16.9. The van der Waals surface area contributed by atoms with Crippen LogP contribution in [-0.2, 0) is 10.0 Å². The molecule has 0 unspecified atom stereocenters. The van der Waals surface area contributed by atoms with Crippen LogP contribution in [0, 0.1) is 5.82 Å². The third-order valence-corrected chi connectivity index (χ3v) is 8.00. The molecule has 10 heteroatoms. The van der Waals surface area contributed by atoms with Crippen LogP contribution in [-0.4, -0.2) is 25.5 Å². The van der Waals surface area contributed by atoms with Crippen molar-refractivity contribution in [2.24, 2.45) is 0 Å². The van der Waals surface area contributed by atoms with E-state index in [0.717, 1.165) is 15.1 Å². The zero-order chi connectivity index (χ0) is 24.6. The smallest absolute Gasteiger partial charge is 0.270 e. The van der Waals surface area contributed by atoms with Crippen LogP contribution in [0.3, 0.4) is 0 Å². The van der Waals surface area contributed by atoms with Gasteiger partial charge in [-0.1, -0.05) is 29.8 Å². The molecule has 0 bridgehead atoms. The van der Waals surface area contributed by atoms with Crippen LogP contribution in [0.2, 0.25) is 5.02 Å². The molecule has 2 aromatic heterocycles. The van der Waals surface area contributed by atoms with Crippen LogP contribution in [0.4, 0.5) is 15.9 Å². The first-order valence-electron chi connectivity index (χ1n) is 10.3. The lowest BCUT2D eigenvalue weighted by Gasteiger charge is -2.25. The Labute approximate surface area is 210 Å². The second kappa shape index (κ2) is 9.26. The monoisotopic (exact) mass is 525 g/mol. The molecule has 0 aliphatic rings. The first-order valence-corrected chi connectivity index (χ1v) is 13.1. The minimum absolute atomic E-state index is 0.0663. The standard InChI is InChI=1S/C25H17ClFN3O3S2/c1-33-24-11-21(17-3-2-4-19(27)9-17)22(26)12-23(24)30(25-14-34-15-29-25)35(31,32)20-6-5-18-13-28-8-7-16(18)10-20/h2-15H,1H3. The summed E-state index contributed by atoms with van der Waals surface area (Å²) in [6.45, 7) is 0. The highest BCUT2D eigenvalue weighted by atomic mass is 35.5. The summed E-state index contributed by atoms with van der Waals surface area (Å²) in [5.41, 5.74) is 2.75. The summed E-state index contributed by atoms with van der Waals surface area (Å²) >= 11 is 7.86. The summed E-state index contributed by atoms with van der Waals surface area (Å²) < 4.78 is 48.5. The van der Waals surface area contributed by atoms with Gasteiger partial charge in [-0.3, -0.25) is 4.98 Å². The Morgan fingerprint density at radius 3 is 2.66 bits per heavy atom. The maximum Gasteiger partial charge on any atom is 0.270 e. The largest absolute Gasteiger partial charge is 0.495 e. The van der Waals surface area contributed by atoms with Crippen LogP contribution < -0.4 is 9.04 Å². The van der Waals surface area contributed by atoms with E-state index in [2.05, 4.69) is 9.97 Å². The highest BCUT2D eigenvalue weighted by Gasteiger charge is 2.31. The topological polar surface area (TPSA) is 72.4 Å². The Morgan fingerprint density at radius 2 is 1.91 bits per heavy atom. The second-order valence-electron chi connectivity index (χ2n) is 7.51. The molecule has 0 atom stereocenters. The van der Waals surface area contributed by atoms with Crippen molar-refractivity contribution in [3.8, 4) is 16.9 Å². The van der Waals surface area contributed by atoms with Gasteiger partial charge in [-0.15, -0.1) is 11.3 Å². The number of anilines is 2. The van der Waals surface area contributed by atoms with Crippen LogP contribution in [0.5, 0.6) is 5.75 Å². The summed E-state index contributed by atoms with van der Waals surface area (Å²) in [5, 5.41) is 3.39. The Balaban J connectivity index is 1.71. The van der Waals surface area contributed by atoms with Crippen LogP contribution in [0.1, 0.15) is 0 Å². The molecule has 0 amide bonds. The van der Waals surface area contributed by atoms with Crippen LogP contribution in [0.25, 0.3) is 21.9 Å². The fraction of sp³-hybridized carbons (Fsp3) is 0.0400. The van der Waals surface area contributed by atoms with Crippen molar-refractivity contribution < 1.29 is 17.5 Å². The maximum absolute atomic E-state index is 14.0. The van der Waals surface area contributed by atoms with Gasteiger partial charge in [0.05, 0.1) is 22.5 Å². The number of halogens is 2. The third-order valence-electron chi connectivity index (χ3n) is 5.40. The molecule has 0 spiro atoms. The summed E-state index contributed by atoms with van der Waals surface area (Å²) in [6, 6.07) is 15.6. The Bertz CT molecular complexity index is 1640. The van der Waals surface area contributed by atoms with E-state index in [1.54, 1.807) is 59.7 Å². The van der Waals surface area contributed by atoms with E-state index in [0.29, 0.717) is 11.1 Å². The van der Waals surface area contributed by atoms with E-state index in [9.17, 15) is 12.8 Å². The molecule has 6 nitrogen and oxygen atoms in total. The third kappa shape index (κ3) is 4.34. The van der Waals surface area contributed by atoms with E-state index >= 15 is 0 Å². The number of pyridine rings is 1. The molecule has 5 aromatic rings. The minimum Gasteiger partial charge on any atom is -0.495 e. The van der Waals surface area contributed by atoms with E-state index in [1.165, 1.54) is 42.7 Å². The second-order valence-corrected chi connectivity index (χ2v) is 10.4. The number of hydrogen-bond acceptors (Lipinski definition) is 6. The lowest BCUT2D eigenvalue weighted by Crippen LogP contribution is -2.27. The van der Waals surface area contributed by atoms with E-state index in [4.69, 9.17) is 16.3 Å². The van der Waals surface area contributed by atoms with Crippen LogP contribution >= 0.6 is 22.9 Å². The van der Waals surface area contributed by atoms with Gasteiger partial charge >= 0.3 is 0 Å². The highest BCUT2D eigenvalue weighted by molar-refractivity contribution is 7.93. The number of sulfonamides is 1. The summed E-state index contributed by atoms with van der Waals surface area (Å²) in [5.74, 6) is 0.00714. The van der Waals surface area contributed by atoms with Crippen molar-refractivity contribution in [3.05, 3.63) is 94.8 Å². The SMILES string of the molecule is COc1cc(-c2cccc(F)c2)c(Cl)cc1N(c1cscn1)S(=O)(=O)c1ccc2cnccc2c1. The van der Waals surface area contributed by atoms with Crippen molar-refractivity contribution in [1.82, 2.24) is 9.97 Å². The van der Waals surface area contributed by atoms with E-state index < -0.39 is 15.8 Å². The lowest BCUT2D eigenvalue weighted by molar-refractivity contribution is 0.416. The van der Waals surface area contributed by atoms with Gasteiger partial charge < -0.3 is 4.74 Å². The van der Waals surface area contributed by atoms with Gasteiger partial charge in [0, 0.05) is 28.7 Å². The summed E-state index contributed by atoms with van der Waals surface area (Å²) in [7, 11) is -2.72. The highest BCUT2D eigenvalue weighted by Crippen LogP contribution is 2.44. The number of thiazole rings is 1. The summed E-state index contributed by atoms with van der Waals surface area (Å²) in [4.78, 5) is 8.39. The first kappa shape index (κ1) is 23.2. The fourth-order valence-electron chi connectivity index (χ4n) is 3.75. The molecule has 0 aliphatic heterocycles. The molecule has 0 saturated heterocycles. The zero-order valence-electron chi connectivity index (χ0n) is 18.2. The molecule has 3 aromatic carbocycles. The molecule has 35 heavy (non-hydrogen) atoms. The van der Waals surface area contributed by atoms with Crippen molar-refractivity contribution in [1.29, 1.82) is 0 Å². The Morgan fingerprint density at radius 1 is 1.06 bits per heavy atom. The van der Waals surface area contributed by atoms with Gasteiger partial charge in [-0.05, 0) is 53.4 Å². The van der Waals surface area contributed by atoms with E-state index in [1.807, 2.05) is 0 Å². The van der Waals surface area contributed by atoms with Crippen molar-refractivity contribution in [2.75, 3.05) is 11.4 Å². The van der Waals surface area contributed by atoms with Crippen molar-refractivity contribution in [3.63, 3.8) is 0 Å². The van der Waals surface area contributed by atoms with Gasteiger partial charge in [0.15, 0.2) is 5.82 Å². The van der Waals surface area contributed by atoms with Crippen LogP contribution in [0.15, 0.2) is 88.8 Å². The quantitative estimate of drug-likeness (QED) is 0.247. The summed E-state index contributed by atoms with van der Waals surface area (Å²) in [6.07, 6.45) is 3.27. The Kier molecular flexibility index (Phi) is 6.14. The average molecular weight is 526 g/mol. The molecule has 0 radical (unpaired) electrons. The van der Waals surface area contributed by atoms with E-state index in [-0.39, 0.29) is 27.2 Å². The van der Waals surface area contributed by atoms with Gasteiger partial charge in [0.2, 0.25) is 0 Å².